The number of carboxylic acid groups (broad SMARTS) is 1. The first-order valence-electron chi connectivity index (χ1n) is 4.82. The van der Waals surface area contributed by atoms with Crippen molar-refractivity contribution < 1.29 is 9.90 Å². The molecule has 0 amide bonds. The van der Waals surface area contributed by atoms with Crippen LogP contribution in [0, 0.1) is 0 Å². The van der Waals surface area contributed by atoms with Crippen LogP contribution in [0.5, 0.6) is 0 Å². The van der Waals surface area contributed by atoms with E-state index in [0.717, 1.165) is 0 Å². The van der Waals surface area contributed by atoms with E-state index in [1.807, 2.05) is 0 Å². The predicted molar refractivity (Wildman–Crippen MR) is 55.6 cm³/mol. The van der Waals surface area contributed by atoms with Gasteiger partial charge in [0.05, 0.1) is 17.2 Å². The summed E-state index contributed by atoms with van der Waals surface area (Å²) in [6.07, 6.45) is 1.16. The van der Waals surface area contributed by atoms with Gasteiger partial charge in [-0.1, -0.05) is 12.1 Å². The highest BCUT2D eigenvalue weighted by atomic mass is 16.4. The zero-order valence-corrected chi connectivity index (χ0v) is 8.42. The largest absolute Gasteiger partial charge is 0.550 e. The fraction of sp³-hybridized carbons (Fsp3) is 0.182. The molecule has 0 radical (unpaired) electrons. The molecule has 2 aromatic rings. The number of hydrogen-bond acceptors (Lipinski definition) is 4. The molecule has 0 aliphatic carbocycles. The van der Waals surface area contributed by atoms with Crippen molar-refractivity contribution in [3.8, 4) is 0 Å². The smallest absolute Gasteiger partial charge is 0.261 e. The van der Waals surface area contributed by atoms with Crippen molar-refractivity contribution in [1.29, 1.82) is 0 Å². The molecule has 1 heterocycles. The quantitative estimate of drug-likeness (QED) is 0.697. The minimum Gasteiger partial charge on any atom is -0.550 e. The Labute approximate surface area is 91.0 Å². The SMILES string of the molecule is O=C([O-])CCn1cnc2ccccc2c1=O. The van der Waals surface area contributed by atoms with E-state index >= 15 is 0 Å². The zero-order valence-electron chi connectivity index (χ0n) is 8.42. The van der Waals surface area contributed by atoms with E-state index in [1.54, 1.807) is 24.3 Å². The number of para-hydroxylation sites is 1. The molecular formula is C11H9N2O3-. The molecule has 0 unspecified atom stereocenters. The Morgan fingerprint density at radius 1 is 1.38 bits per heavy atom. The van der Waals surface area contributed by atoms with Gasteiger partial charge in [-0.3, -0.25) is 9.36 Å². The highest BCUT2D eigenvalue weighted by Gasteiger charge is 2.02. The summed E-state index contributed by atoms with van der Waals surface area (Å²) in [6, 6.07) is 6.94. The van der Waals surface area contributed by atoms with E-state index in [4.69, 9.17) is 0 Å². The van der Waals surface area contributed by atoms with Gasteiger partial charge in [-0.05, 0) is 12.1 Å². The maximum absolute atomic E-state index is 11.9. The van der Waals surface area contributed by atoms with Crippen molar-refractivity contribution in [3.63, 3.8) is 0 Å². The van der Waals surface area contributed by atoms with Crippen molar-refractivity contribution in [2.24, 2.45) is 0 Å². The van der Waals surface area contributed by atoms with Gasteiger partial charge in [0, 0.05) is 18.9 Å². The highest BCUT2D eigenvalue weighted by Crippen LogP contribution is 2.04. The number of carboxylic acids is 1. The van der Waals surface area contributed by atoms with Gasteiger partial charge in [0.1, 0.15) is 0 Å². The summed E-state index contributed by atoms with van der Waals surface area (Å²) in [5.41, 5.74) is 0.379. The van der Waals surface area contributed by atoms with Crippen LogP contribution >= 0.6 is 0 Å². The normalized spacial score (nSPS) is 10.5. The topological polar surface area (TPSA) is 75.0 Å². The number of carbonyl (C=O) groups is 1. The van der Waals surface area contributed by atoms with Gasteiger partial charge in [0.15, 0.2) is 0 Å². The first-order valence-corrected chi connectivity index (χ1v) is 4.82. The van der Waals surface area contributed by atoms with Gasteiger partial charge < -0.3 is 9.90 Å². The van der Waals surface area contributed by atoms with Gasteiger partial charge in [-0.15, -0.1) is 0 Å². The molecule has 0 spiro atoms. The van der Waals surface area contributed by atoms with Crippen molar-refractivity contribution in [2.75, 3.05) is 0 Å². The summed E-state index contributed by atoms with van der Waals surface area (Å²) in [5, 5.41) is 10.8. The summed E-state index contributed by atoms with van der Waals surface area (Å²) in [4.78, 5) is 26.2. The van der Waals surface area contributed by atoms with Crippen molar-refractivity contribution >= 4 is 16.9 Å². The van der Waals surface area contributed by atoms with Gasteiger partial charge in [-0.25, -0.2) is 4.98 Å². The van der Waals surface area contributed by atoms with Crippen LogP contribution in [0.3, 0.4) is 0 Å². The van der Waals surface area contributed by atoms with Crippen LogP contribution in [0.25, 0.3) is 10.9 Å². The summed E-state index contributed by atoms with van der Waals surface area (Å²) >= 11 is 0. The van der Waals surface area contributed by atoms with E-state index in [1.165, 1.54) is 10.9 Å². The molecule has 5 nitrogen and oxygen atoms in total. The molecule has 82 valence electrons. The van der Waals surface area contributed by atoms with Crippen LogP contribution in [0.2, 0.25) is 0 Å². The number of benzene rings is 1. The second-order valence-electron chi connectivity index (χ2n) is 3.38. The lowest BCUT2D eigenvalue weighted by Crippen LogP contribution is -2.27. The van der Waals surface area contributed by atoms with Crippen LogP contribution in [-0.4, -0.2) is 15.5 Å². The second kappa shape index (κ2) is 4.14. The number of fused-ring (bicyclic) bond motifs is 1. The van der Waals surface area contributed by atoms with Crippen LogP contribution in [-0.2, 0) is 11.3 Å². The Hall–Kier alpha value is -2.17. The van der Waals surface area contributed by atoms with Crippen molar-refractivity contribution in [1.82, 2.24) is 9.55 Å². The summed E-state index contributed by atoms with van der Waals surface area (Å²) < 4.78 is 1.28. The summed E-state index contributed by atoms with van der Waals surface area (Å²) in [6.45, 7) is 0.0823. The van der Waals surface area contributed by atoms with Crippen LogP contribution in [0.1, 0.15) is 6.42 Å². The van der Waals surface area contributed by atoms with E-state index in [9.17, 15) is 14.7 Å². The van der Waals surface area contributed by atoms with E-state index in [0.29, 0.717) is 10.9 Å². The minimum atomic E-state index is -1.18. The molecule has 0 aliphatic heterocycles. The predicted octanol–water partition coefficient (Wildman–Crippen LogP) is -0.464. The summed E-state index contributed by atoms with van der Waals surface area (Å²) in [7, 11) is 0. The lowest BCUT2D eigenvalue weighted by molar-refractivity contribution is -0.305. The molecule has 0 atom stereocenters. The highest BCUT2D eigenvalue weighted by molar-refractivity contribution is 5.76. The Morgan fingerprint density at radius 3 is 2.88 bits per heavy atom. The lowest BCUT2D eigenvalue weighted by Gasteiger charge is -2.06. The number of rotatable bonds is 3. The third-order valence-corrected chi connectivity index (χ3v) is 2.29. The fourth-order valence-corrected chi connectivity index (χ4v) is 1.48. The molecule has 16 heavy (non-hydrogen) atoms. The summed E-state index contributed by atoms with van der Waals surface area (Å²) in [5.74, 6) is -1.18. The van der Waals surface area contributed by atoms with Gasteiger partial charge in [0.25, 0.3) is 5.56 Å². The Balaban J connectivity index is 2.45. The molecule has 5 heteroatoms. The number of aromatic nitrogens is 2. The fourth-order valence-electron chi connectivity index (χ4n) is 1.48. The number of carbonyl (C=O) groups excluding carboxylic acids is 1. The third kappa shape index (κ3) is 1.93. The number of hydrogen-bond donors (Lipinski definition) is 0. The average molecular weight is 217 g/mol. The van der Waals surface area contributed by atoms with Crippen molar-refractivity contribution in [2.45, 2.75) is 13.0 Å². The molecule has 0 bridgehead atoms. The standard InChI is InChI=1S/C11H10N2O3/c14-10(15)5-6-13-7-12-9-4-2-1-3-8(9)11(13)16/h1-4,7H,5-6H2,(H,14,15)/p-1. The Morgan fingerprint density at radius 2 is 2.12 bits per heavy atom. The molecule has 1 aromatic carbocycles. The first kappa shape index (κ1) is 10.4. The van der Waals surface area contributed by atoms with Crippen LogP contribution in [0.15, 0.2) is 35.4 Å². The third-order valence-electron chi connectivity index (χ3n) is 2.29. The molecular weight excluding hydrogens is 208 g/mol. The van der Waals surface area contributed by atoms with Gasteiger partial charge in [-0.2, -0.15) is 0 Å². The first-order chi connectivity index (χ1) is 7.68. The van der Waals surface area contributed by atoms with Crippen LogP contribution < -0.4 is 10.7 Å². The number of aryl methyl sites for hydroxylation is 1. The average Bonchev–Trinajstić information content (AvgIpc) is 2.28. The van der Waals surface area contributed by atoms with Gasteiger partial charge in [0.2, 0.25) is 0 Å². The van der Waals surface area contributed by atoms with Crippen LogP contribution in [0.4, 0.5) is 0 Å². The van der Waals surface area contributed by atoms with E-state index in [2.05, 4.69) is 4.98 Å². The molecule has 0 aliphatic rings. The molecule has 2 rings (SSSR count). The number of nitrogens with zero attached hydrogens (tertiary/aromatic N) is 2. The van der Waals surface area contributed by atoms with E-state index < -0.39 is 5.97 Å². The number of aliphatic carboxylic acids is 1. The van der Waals surface area contributed by atoms with E-state index in [-0.39, 0.29) is 18.5 Å². The van der Waals surface area contributed by atoms with Crippen molar-refractivity contribution in [3.05, 3.63) is 40.9 Å². The molecule has 0 N–H and O–H groups in total. The maximum Gasteiger partial charge on any atom is 0.261 e. The molecule has 1 aromatic heterocycles. The monoisotopic (exact) mass is 217 g/mol. The molecule has 0 fully saturated rings. The lowest BCUT2D eigenvalue weighted by atomic mass is 10.2. The molecule has 0 saturated heterocycles. The Bertz CT molecular complexity index is 589. The minimum absolute atomic E-state index is 0.0823. The molecule has 0 saturated carbocycles. The van der Waals surface area contributed by atoms with Gasteiger partial charge >= 0.3 is 0 Å². The Kier molecular flexibility index (Phi) is 2.68. The second-order valence-corrected chi connectivity index (χ2v) is 3.38. The zero-order chi connectivity index (χ0) is 11.5. The maximum atomic E-state index is 11.9.